The highest BCUT2D eigenvalue weighted by Crippen LogP contribution is 1.59. The van der Waals surface area contributed by atoms with Gasteiger partial charge in [-0.25, -0.2) is 0 Å². The van der Waals surface area contributed by atoms with Crippen LogP contribution in [0.15, 0.2) is 12.3 Å². The van der Waals surface area contributed by atoms with E-state index in [1.807, 2.05) is 0 Å². The second-order valence-electron chi connectivity index (χ2n) is 1.67. The van der Waals surface area contributed by atoms with Crippen LogP contribution in [-0.4, -0.2) is 28.6 Å². The number of aliphatic carboxylic acids is 1. The molecule has 0 radical (unpaired) electrons. The Hall–Kier alpha value is -0.830. The summed E-state index contributed by atoms with van der Waals surface area (Å²) in [5.74, 6) is -0.917. The Bertz CT molecular complexity index is 217. The molecule has 88 valence electrons. The lowest BCUT2D eigenvalue weighted by molar-refractivity contribution is -0.300. The van der Waals surface area contributed by atoms with Crippen LogP contribution in [0, 0.1) is 0 Å². The van der Waals surface area contributed by atoms with Gasteiger partial charge in [0, 0.05) is 6.92 Å². The van der Waals surface area contributed by atoms with Crippen molar-refractivity contribution in [2.45, 2.75) is 13.8 Å². The molecule has 0 bridgehead atoms. The summed E-state index contributed by atoms with van der Waals surface area (Å²) in [6, 6.07) is 0. The molecule has 0 atom stereocenters. The first-order chi connectivity index (χ1) is 5.46. The van der Waals surface area contributed by atoms with Crippen molar-refractivity contribution in [1.29, 1.82) is 0 Å². The predicted octanol–water partition coefficient (Wildman–Crippen LogP) is -0.260. The van der Waals surface area contributed by atoms with Gasteiger partial charge in [0.1, 0.15) is 0 Å². The highest BCUT2D eigenvalue weighted by Gasteiger charge is 1.84. The van der Waals surface area contributed by atoms with Gasteiger partial charge >= 0.3 is 10.4 Å². The zero-order valence-corrected chi connectivity index (χ0v) is 9.13. The lowest BCUT2D eigenvalue weighted by atomic mass is 10.7. The molecule has 0 unspecified atom stereocenters. The van der Waals surface area contributed by atoms with E-state index < -0.39 is 16.4 Å². The van der Waals surface area contributed by atoms with Crippen molar-refractivity contribution in [3.63, 3.8) is 0 Å². The monoisotopic (exact) mass is 251 g/mol. The van der Waals surface area contributed by atoms with Gasteiger partial charge in [0.05, 0.1) is 0 Å². The van der Waals surface area contributed by atoms with Crippen LogP contribution in [0.25, 0.3) is 0 Å². The number of hydrogen-bond donors (Lipinski definition) is 3. The molecule has 0 rings (SSSR count). The van der Waals surface area contributed by atoms with Crippen molar-refractivity contribution in [2.75, 3.05) is 0 Å². The average molecular weight is 252 g/mol. The first-order valence-corrected chi connectivity index (χ1v) is 4.08. The maximum Gasteiger partial charge on any atom is 0.394 e. The van der Waals surface area contributed by atoms with Gasteiger partial charge in [0.15, 0.2) is 0 Å². The van der Waals surface area contributed by atoms with E-state index in [9.17, 15) is 5.11 Å². The standard InChI is InChI=1S/C3H6O.C2H4O2.ClH.H2O4S/c1-3(2)4;1-2(3)4;;1-5(2,3)4/h4H,1H2,2H3;1H3,(H,3,4);1H;(H2,1,2,3,4)/p-1. The largest absolute Gasteiger partial charge is 0.876 e. The molecule has 0 saturated carbocycles. The van der Waals surface area contributed by atoms with Crippen molar-refractivity contribution in [3.8, 4) is 0 Å². The molecule has 3 N–H and O–H groups in total. The number of carboxylic acid groups (broad SMARTS) is 1. The maximum absolute atomic E-state index is 9.33. The van der Waals surface area contributed by atoms with Crippen molar-refractivity contribution in [3.05, 3.63) is 12.3 Å². The number of carbonyl (C=O) groups is 1. The molecule has 7 nitrogen and oxygen atoms in total. The molecule has 0 aliphatic carbocycles. The fraction of sp³-hybridized carbons (Fsp3) is 0.400. The van der Waals surface area contributed by atoms with Crippen molar-refractivity contribution in [1.82, 2.24) is 0 Å². The lowest BCUT2D eigenvalue weighted by Gasteiger charge is -1.92. The van der Waals surface area contributed by atoms with Gasteiger partial charge in [0.25, 0.3) is 5.97 Å². The normalized spacial score (nSPS) is 7.71. The van der Waals surface area contributed by atoms with E-state index in [1.165, 1.54) is 6.92 Å². The zero-order chi connectivity index (χ0) is 11.7. The summed E-state index contributed by atoms with van der Waals surface area (Å²) in [6.45, 7) is 5.50. The fourth-order valence-electron chi connectivity index (χ4n) is 0. The molecule has 0 spiro atoms. The highest BCUT2D eigenvalue weighted by atomic mass is 35.5. The van der Waals surface area contributed by atoms with Crippen LogP contribution in [0.2, 0.25) is 0 Å². The minimum absolute atomic E-state index is 0. The minimum atomic E-state index is -4.67. The summed E-state index contributed by atoms with van der Waals surface area (Å²) in [5, 5.41) is 16.8. The molecular formula is C5H12ClO7S-. The van der Waals surface area contributed by atoms with E-state index in [0.29, 0.717) is 0 Å². The van der Waals surface area contributed by atoms with E-state index >= 15 is 0 Å². The van der Waals surface area contributed by atoms with Crippen LogP contribution in [0.3, 0.4) is 0 Å². The number of carboxylic acids is 1. The molecule has 0 heterocycles. The Morgan fingerprint density at radius 2 is 1.29 bits per heavy atom. The summed E-state index contributed by atoms with van der Waals surface area (Å²) in [7, 11) is -4.67. The van der Waals surface area contributed by atoms with Crippen LogP contribution in [0.5, 0.6) is 0 Å². The van der Waals surface area contributed by atoms with E-state index in [2.05, 4.69) is 6.58 Å². The lowest BCUT2D eigenvalue weighted by Crippen LogP contribution is -1.92. The summed E-state index contributed by atoms with van der Waals surface area (Å²) < 4.78 is 31.6. The zero-order valence-electron chi connectivity index (χ0n) is 7.50. The van der Waals surface area contributed by atoms with Crippen LogP contribution in [0.1, 0.15) is 13.8 Å². The SMILES string of the molecule is C=C(C)[O-].CC(=O)O.Cl.O=S(=O)(O)O. The Kier molecular flexibility index (Phi) is 20.2. The number of halogens is 1. The molecule has 0 aromatic carbocycles. The summed E-state index contributed by atoms with van der Waals surface area (Å²) in [4.78, 5) is 9.00. The molecule has 0 aromatic heterocycles. The number of hydrogen-bond acceptors (Lipinski definition) is 4. The van der Waals surface area contributed by atoms with Crippen LogP contribution >= 0.6 is 12.4 Å². The van der Waals surface area contributed by atoms with E-state index in [0.717, 1.165) is 6.92 Å². The Morgan fingerprint density at radius 1 is 1.29 bits per heavy atom. The van der Waals surface area contributed by atoms with Gasteiger partial charge in [-0.3, -0.25) is 13.9 Å². The van der Waals surface area contributed by atoms with E-state index in [-0.39, 0.29) is 18.2 Å². The Labute approximate surface area is 88.1 Å². The summed E-state index contributed by atoms with van der Waals surface area (Å²) in [6.07, 6.45) is 0. The van der Waals surface area contributed by atoms with Gasteiger partial charge in [-0.05, 0) is 0 Å². The maximum atomic E-state index is 9.33. The third kappa shape index (κ3) is 1680. The highest BCUT2D eigenvalue weighted by molar-refractivity contribution is 7.79. The van der Waals surface area contributed by atoms with Crippen molar-refractivity contribution in [2.24, 2.45) is 0 Å². The second-order valence-corrected chi connectivity index (χ2v) is 2.56. The average Bonchev–Trinajstić information content (AvgIpc) is 1.50. The molecule has 0 aliphatic heterocycles. The molecule has 9 heteroatoms. The minimum Gasteiger partial charge on any atom is -0.876 e. The molecular weight excluding hydrogens is 240 g/mol. The number of allylic oxidation sites excluding steroid dienone is 1. The van der Waals surface area contributed by atoms with Crippen molar-refractivity contribution < 1.29 is 32.5 Å². The summed E-state index contributed by atoms with van der Waals surface area (Å²) >= 11 is 0. The van der Waals surface area contributed by atoms with Gasteiger partial charge in [-0.2, -0.15) is 8.42 Å². The molecule has 0 aromatic rings. The predicted molar refractivity (Wildman–Crippen MR) is 49.5 cm³/mol. The second kappa shape index (κ2) is 12.2. The van der Waals surface area contributed by atoms with Gasteiger partial charge < -0.3 is 10.2 Å². The molecule has 0 aliphatic rings. The van der Waals surface area contributed by atoms with Crippen molar-refractivity contribution >= 4 is 28.8 Å². The fourth-order valence-corrected chi connectivity index (χ4v) is 0. The molecule has 0 fully saturated rings. The first-order valence-electron chi connectivity index (χ1n) is 2.68. The van der Waals surface area contributed by atoms with Crippen LogP contribution in [-0.2, 0) is 15.2 Å². The third-order valence-corrected chi connectivity index (χ3v) is 0. The topological polar surface area (TPSA) is 135 Å². The Morgan fingerprint density at radius 3 is 1.29 bits per heavy atom. The van der Waals surface area contributed by atoms with Crippen LogP contribution < -0.4 is 5.11 Å². The third-order valence-electron chi connectivity index (χ3n) is 0. The van der Waals surface area contributed by atoms with Crippen LogP contribution in [0.4, 0.5) is 0 Å². The summed E-state index contributed by atoms with van der Waals surface area (Å²) in [5.41, 5.74) is 0. The Balaban J connectivity index is -0.0000000522. The van der Waals surface area contributed by atoms with E-state index in [4.69, 9.17) is 27.4 Å². The van der Waals surface area contributed by atoms with Gasteiger partial charge in [-0.1, -0.05) is 6.92 Å². The quantitative estimate of drug-likeness (QED) is 0.399. The van der Waals surface area contributed by atoms with E-state index in [1.54, 1.807) is 0 Å². The molecule has 14 heavy (non-hydrogen) atoms. The smallest absolute Gasteiger partial charge is 0.394 e. The van der Waals surface area contributed by atoms with Gasteiger partial charge in [-0.15, -0.1) is 24.7 Å². The molecule has 0 saturated heterocycles. The number of rotatable bonds is 0. The molecule has 0 amide bonds. The van der Waals surface area contributed by atoms with Gasteiger partial charge in [0.2, 0.25) is 0 Å². The first kappa shape index (κ1) is 23.2.